The van der Waals surface area contributed by atoms with Gasteiger partial charge in [-0.2, -0.15) is 10.5 Å². The first kappa shape index (κ1) is 31.3. The number of rotatable bonds is 4. The molecule has 0 N–H and O–H groups in total. The minimum Gasteiger partial charge on any atom is -0.308 e. The van der Waals surface area contributed by atoms with Crippen LogP contribution in [0.1, 0.15) is 112 Å². The quantitative estimate of drug-likeness (QED) is 0.199. The fourth-order valence-electron chi connectivity index (χ4n) is 8.43. The van der Waals surface area contributed by atoms with Gasteiger partial charge < -0.3 is 9.80 Å². The van der Waals surface area contributed by atoms with E-state index in [9.17, 15) is 10.5 Å². The molecule has 0 atom stereocenters. The van der Waals surface area contributed by atoms with Gasteiger partial charge in [-0.15, -0.1) is 0 Å². The van der Waals surface area contributed by atoms with Gasteiger partial charge in [-0.05, 0) is 69.5 Å². The predicted octanol–water partition coefficient (Wildman–Crippen LogP) is 11.9. The van der Waals surface area contributed by atoms with Crippen LogP contribution in [-0.2, 0) is 10.8 Å². The molecule has 2 aliphatic rings. The number of benzene rings is 5. The Morgan fingerprint density at radius 2 is 0.708 bits per heavy atom. The van der Waals surface area contributed by atoms with Gasteiger partial charge in [0.25, 0.3) is 0 Å². The monoisotopic (exact) mass is 626 g/mol. The number of nitrogens with zero attached hydrogens (tertiary/aromatic N) is 4. The third-order valence-corrected chi connectivity index (χ3v) is 10.6. The second-order valence-electron chi connectivity index (χ2n) is 14.8. The second-order valence-corrected chi connectivity index (χ2v) is 14.8. The smallest absolute Gasteiger partial charge is 0.103 e. The van der Waals surface area contributed by atoms with Crippen molar-refractivity contribution < 1.29 is 0 Å². The fraction of sp³-hybridized carbons (Fsp3) is 0.273. The number of hydrogen-bond donors (Lipinski definition) is 0. The summed E-state index contributed by atoms with van der Waals surface area (Å²) in [7, 11) is 0. The number of fused-ring (bicyclic) bond motifs is 4. The highest BCUT2D eigenvalue weighted by atomic mass is 15.2. The van der Waals surface area contributed by atoms with Gasteiger partial charge in [-0.3, -0.25) is 0 Å². The molecule has 2 aliphatic heterocycles. The molecule has 0 saturated carbocycles. The van der Waals surface area contributed by atoms with E-state index in [4.69, 9.17) is 0 Å². The molecule has 48 heavy (non-hydrogen) atoms. The van der Waals surface area contributed by atoms with E-state index in [2.05, 4.69) is 174 Å². The van der Waals surface area contributed by atoms with E-state index in [-0.39, 0.29) is 22.7 Å². The van der Waals surface area contributed by atoms with Crippen LogP contribution in [0.4, 0.5) is 34.1 Å². The Kier molecular flexibility index (Phi) is 7.26. The third kappa shape index (κ3) is 4.26. The van der Waals surface area contributed by atoms with Crippen LogP contribution in [0, 0.1) is 22.7 Å². The van der Waals surface area contributed by atoms with Gasteiger partial charge in [0.05, 0.1) is 45.3 Å². The summed E-state index contributed by atoms with van der Waals surface area (Å²) in [4.78, 5) is 4.56. The maximum absolute atomic E-state index is 11.2. The molecule has 7 rings (SSSR count). The van der Waals surface area contributed by atoms with Crippen LogP contribution in [0.25, 0.3) is 0 Å². The van der Waals surface area contributed by atoms with Gasteiger partial charge in [-0.25, -0.2) is 0 Å². The molecule has 5 aromatic rings. The average Bonchev–Trinajstić information content (AvgIpc) is 3.08. The molecule has 0 aliphatic carbocycles. The van der Waals surface area contributed by atoms with Crippen molar-refractivity contribution in [3.05, 3.63) is 142 Å². The summed E-state index contributed by atoms with van der Waals surface area (Å²) in [6.07, 6.45) is 0. The highest BCUT2D eigenvalue weighted by Gasteiger charge is 2.43. The van der Waals surface area contributed by atoms with Crippen molar-refractivity contribution in [3.8, 4) is 12.1 Å². The Morgan fingerprint density at radius 3 is 0.938 bits per heavy atom. The molecular weight excluding hydrogens is 585 g/mol. The normalized spacial score (nSPS) is 15.2. The van der Waals surface area contributed by atoms with Gasteiger partial charge in [0.15, 0.2) is 0 Å². The summed E-state index contributed by atoms with van der Waals surface area (Å²) < 4.78 is 0. The van der Waals surface area contributed by atoms with Crippen LogP contribution in [0.5, 0.6) is 0 Å². The minimum absolute atomic E-state index is 0.0528. The average molecular weight is 627 g/mol. The lowest BCUT2D eigenvalue weighted by molar-refractivity contribution is 0.630. The molecule has 238 valence electrons. The molecule has 0 aromatic heterocycles. The van der Waals surface area contributed by atoms with E-state index in [1.165, 1.54) is 22.3 Å². The molecule has 0 bridgehead atoms. The van der Waals surface area contributed by atoms with Crippen LogP contribution in [0.3, 0.4) is 0 Å². The summed E-state index contributed by atoms with van der Waals surface area (Å²) in [6, 6.07) is 39.3. The summed E-state index contributed by atoms with van der Waals surface area (Å²) in [5.74, 6) is 0.106. The molecule has 0 fully saturated rings. The van der Waals surface area contributed by atoms with Crippen molar-refractivity contribution in [1.82, 2.24) is 0 Å². The van der Waals surface area contributed by atoms with Crippen LogP contribution in [-0.4, -0.2) is 0 Å². The highest BCUT2D eigenvalue weighted by molar-refractivity contribution is 5.97. The van der Waals surface area contributed by atoms with Crippen molar-refractivity contribution in [2.75, 3.05) is 9.80 Å². The van der Waals surface area contributed by atoms with Crippen molar-refractivity contribution in [3.63, 3.8) is 0 Å². The van der Waals surface area contributed by atoms with Crippen LogP contribution >= 0.6 is 0 Å². The van der Waals surface area contributed by atoms with E-state index < -0.39 is 0 Å². The molecule has 0 unspecified atom stereocenters. The number of nitriles is 2. The second kappa shape index (κ2) is 11.1. The topological polar surface area (TPSA) is 54.1 Å². The van der Waals surface area contributed by atoms with Crippen molar-refractivity contribution in [1.29, 1.82) is 10.5 Å². The maximum Gasteiger partial charge on any atom is 0.103 e. The lowest BCUT2D eigenvalue weighted by Crippen LogP contribution is -2.33. The van der Waals surface area contributed by atoms with Crippen LogP contribution in [0.2, 0.25) is 0 Å². The Balaban J connectivity index is 1.67. The number of anilines is 6. The molecule has 5 aromatic carbocycles. The van der Waals surface area contributed by atoms with E-state index in [1.807, 2.05) is 0 Å². The van der Waals surface area contributed by atoms with Crippen molar-refractivity contribution in [2.45, 2.75) is 78.1 Å². The van der Waals surface area contributed by atoms with Gasteiger partial charge in [0, 0.05) is 10.8 Å². The highest BCUT2D eigenvalue weighted by Crippen LogP contribution is 2.59. The zero-order valence-electron chi connectivity index (χ0n) is 29.2. The number of hydrogen-bond acceptors (Lipinski definition) is 4. The Morgan fingerprint density at radius 1 is 0.458 bits per heavy atom. The van der Waals surface area contributed by atoms with Gasteiger partial charge in [0.1, 0.15) is 12.1 Å². The van der Waals surface area contributed by atoms with Crippen molar-refractivity contribution in [2.24, 2.45) is 0 Å². The maximum atomic E-state index is 11.2. The number of para-hydroxylation sites is 4. The minimum atomic E-state index is -0.249. The molecule has 2 heterocycles. The standard InChI is InChI=1S/C44H42N4/c1-27(2)39-40(28(3)4)42(48-37-23-15-11-19-33(37)44(7,8)34-20-12-16-24-38(34)48)30(26-46)29(25-45)41(39)47-35-21-13-9-17-31(35)43(5,6)32-18-10-14-22-36(32)47/h9-24,27-28H,1-8H3. The van der Waals surface area contributed by atoms with Crippen LogP contribution in [0.15, 0.2) is 97.1 Å². The van der Waals surface area contributed by atoms with Gasteiger partial charge in [0.2, 0.25) is 0 Å². The Hall–Kier alpha value is -5.32. The molecule has 0 amide bonds. The fourth-order valence-corrected chi connectivity index (χ4v) is 8.43. The van der Waals surface area contributed by atoms with Gasteiger partial charge >= 0.3 is 0 Å². The lowest BCUT2D eigenvalue weighted by atomic mass is 9.72. The van der Waals surface area contributed by atoms with Crippen LogP contribution < -0.4 is 9.80 Å². The molecule has 0 saturated heterocycles. The lowest BCUT2D eigenvalue weighted by Gasteiger charge is -2.45. The summed E-state index contributed by atoms with van der Waals surface area (Å²) in [6.45, 7) is 17.9. The first-order valence-electron chi connectivity index (χ1n) is 17.0. The summed E-state index contributed by atoms with van der Waals surface area (Å²) in [5, 5.41) is 22.5. The Labute approximate surface area is 285 Å². The molecule has 0 radical (unpaired) electrons. The largest absolute Gasteiger partial charge is 0.308 e. The van der Waals surface area contributed by atoms with E-state index in [0.717, 1.165) is 45.3 Å². The third-order valence-electron chi connectivity index (χ3n) is 10.6. The first-order chi connectivity index (χ1) is 23.0. The Bertz CT molecular complexity index is 1930. The SMILES string of the molecule is CC(C)c1c(C(C)C)c(N2c3ccccc3C(C)(C)c3ccccc32)c(C#N)c(C#N)c1N1c2ccccc2C(C)(C)c2ccccc21. The zero-order chi connectivity index (χ0) is 34.1. The predicted molar refractivity (Wildman–Crippen MR) is 198 cm³/mol. The van der Waals surface area contributed by atoms with E-state index >= 15 is 0 Å². The molecular formula is C44H42N4. The van der Waals surface area contributed by atoms with Crippen molar-refractivity contribution >= 4 is 34.1 Å². The molecule has 4 nitrogen and oxygen atoms in total. The summed E-state index contributed by atoms with van der Waals surface area (Å²) in [5.41, 5.74) is 13.1. The summed E-state index contributed by atoms with van der Waals surface area (Å²) >= 11 is 0. The van der Waals surface area contributed by atoms with E-state index in [1.54, 1.807) is 0 Å². The molecule has 0 spiro atoms. The molecule has 4 heteroatoms. The van der Waals surface area contributed by atoms with E-state index in [0.29, 0.717) is 11.1 Å². The first-order valence-corrected chi connectivity index (χ1v) is 17.0. The zero-order valence-corrected chi connectivity index (χ0v) is 29.2. The van der Waals surface area contributed by atoms with Gasteiger partial charge in [-0.1, -0.05) is 128 Å².